The summed E-state index contributed by atoms with van der Waals surface area (Å²) in [5.41, 5.74) is 1.02. The van der Waals surface area contributed by atoms with E-state index in [2.05, 4.69) is 37.1 Å². The van der Waals surface area contributed by atoms with Crippen LogP contribution in [0.15, 0.2) is 10.6 Å². The van der Waals surface area contributed by atoms with Crippen LogP contribution in [0.5, 0.6) is 0 Å². The first-order chi connectivity index (χ1) is 6.38. The Bertz CT molecular complexity index is 334. The van der Waals surface area contributed by atoms with Gasteiger partial charge >= 0.3 is 0 Å². The van der Waals surface area contributed by atoms with Crippen LogP contribution in [0.25, 0.3) is 0 Å². The molecule has 0 fully saturated rings. The van der Waals surface area contributed by atoms with Crippen LogP contribution in [0, 0.1) is 6.92 Å². The van der Waals surface area contributed by atoms with Crippen LogP contribution in [-0.2, 0) is 0 Å². The number of hydrogen-bond donors (Lipinski definition) is 0. The zero-order valence-corrected chi connectivity index (χ0v) is 10.9. The number of nitrogens with zero attached hydrogens (tertiary/aromatic N) is 2. The Labute approximate surface area is 94.0 Å². The van der Waals surface area contributed by atoms with E-state index in [1.54, 1.807) is 23.3 Å². The molecule has 0 aliphatic carbocycles. The Hall–Kier alpha value is -0.350. The molecular weight excluding hydrogens is 212 g/mol. The Balaban J connectivity index is 2.70. The zero-order valence-electron chi connectivity index (χ0n) is 9.29. The van der Waals surface area contributed by atoms with Crippen LogP contribution in [0.1, 0.15) is 37.6 Å². The fraction of sp³-hybridized carbons (Fsp3) is 0.600. The molecule has 4 heteroatoms. The molecule has 1 rings (SSSR count). The van der Waals surface area contributed by atoms with Crippen LogP contribution in [-0.4, -0.2) is 15.4 Å². The van der Waals surface area contributed by atoms with E-state index in [1.165, 1.54) is 4.88 Å². The summed E-state index contributed by atoms with van der Waals surface area (Å²) in [6.07, 6.45) is 1.89. The number of thiazole rings is 1. The van der Waals surface area contributed by atoms with Crippen molar-refractivity contribution in [2.75, 3.05) is 0 Å². The summed E-state index contributed by atoms with van der Waals surface area (Å²) in [7, 11) is 0. The van der Waals surface area contributed by atoms with Crippen LogP contribution in [0.3, 0.4) is 0 Å². The van der Waals surface area contributed by atoms with E-state index in [0.29, 0.717) is 0 Å². The molecule has 0 amide bonds. The molecule has 0 radical (unpaired) electrons. The third kappa shape index (κ3) is 3.80. The van der Waals surface area contributed by atoms with E-state index >= 15 is 0 Å². The van der Waals surface area contributed by atoms with Gasteiger partial charge in [0.25, 0.3) is 0 Å². The second-order valence-electron chi connectivity index (χ2n) is 4.16. The Kier molecular flexibility index (Phi) is 3.72. The molecule has 2 nitrogen and oxygen atoms in total. The topological polar surface area (TPSA) is 25.2 Å². The minimum absolute atomic E-state index is 0.174. The highest BCUT2D eigenvalue weighted by Crippen LogP contribution is 2.25. The van der Waals surface area contributed by atoms with Gasteiger partial charge in [-0.15, -0.1) is 11.3 Å². The molecule has 0 N–H and O–H groups in total. The number of aromatic nitrogens is 1. The first kappa shape index (κ1) is 11.7. The predicted octanol–water partition coefficient (Wildman–Crippen LogP) is 3.71. The average molecular weight is 228 g/mol. The quantitative estimate of drug-likeness (QED) is 0.569. The van der Waals surface area contributed by atoms with Gasteiger partial charge in [0.1, 0.15) is 5.01 Å². The summed E-state index contributed by atoms with van der Waals surface area (Å²) in [4.78, 5) is 5.52. The maximum Gasteiger partial charge on any atom is 0.138 e. The molecular formula is C10H16N2S2. The molecule has 1 aromatic heterocycles. The summed E-state index contributed by atoms with van der Waals surface area (Å²) >= 11 is 3.29. The maximum atomic E-state index is 4.46. The molecule has 78 valence electrons. The van der Waals surface area contributed by atoms with Gasteiger partial charge in [-0.3, -0.25) is 0 Å². The Morgan fingerprint density at radius 3 is 2.57 bits per heavy atom. The zero-order chi connectivity index (χ0) is 10.8. The lowest BCUT2D eigenvalue weighted by Crippen LogP contribution is -2.06. The molecule has 14 heavy (non-hydrogen) atoms. The molecule has 0 aliphatic heterocycles. The molecule has 0 saturated carbocycles. The average Bonchev–Trinajstić information content (AvgIpc) is 2.46. The summed E-state index contributed by atoms with van der Waals surface area (Å²) in [6, 6.07) is 0. The third-order valence-corrected chi connectivity index (χ3v) is 3.32. The van der Waals surface area contributed by atoms with E-state index < -0.39 is 0 Å². The molecule has 0 atom stereocenters. The van der Waals surface area contributed by atoms with Gasteiger partial charge < -0.3 is 0 Å². The van der Waals surface area contributed by atoms with Gasteiger partial charge in [0.15, 0.2) is 0 Å². The van der Waals surface area contributed by atoms with Gasteiger partial charge in [0, 0.05) is 15.8 Å². The van der Waals surface area contributed by atoms with Crippen molar-refractivity contribution in [2.24, 2.45) is 4.40 Å². The highest BCUT2D eigenvalue weighted by molar-refractivity contribution is 7.99. The van der Waals surface area contributed by atoms with Crippen LogP contribution in [0.4, 0.5) is 0 Å². The van der Waals surface area contributed by atoms with Crippen molar-refractivity contribution >= 4 is 29.0 Å². The summed E-state index contributed by atoms with van der Waals surface area (Å²) in [5.74, 6) is 0. The molecule has 0 saturated heterocycles. The predicted molar refractivity (Wildman–Crippen MR) is 66.4 cm³/mol. The van der Waals surface area contributed by atoms with E-state index in [4.69, 9.17) is 0 Å². The van der Waals surface area contributed by atoms with Crippen molar-refractivity contribution in [3.05, 3.63) is 16.1 Å². The largest absolute Gasteiger partial charge is 0.243 e. The molecule has 0 bridgehead atoms. The van der Waals surface area contributed by atoms with E-state index in [-0.39, 0.29) is 4.75 Å². The van der Waals surface area contributed by atoms with Crippen molar-refractivity contribution in [1.29, 1.82) is 0 Å². The lowest BCUT2D eigenvalue weighted by molar-refractivity contribution is 0.804. The number of rotatable bonds is 2. The van der Waals surface area contributed by atoms with Crippen molar-refractivity contribution in [2.45, 2.75) is 39.4 Å². The molecule has 0 spiro atoms. The van der Waals surface area contributed by atoms with Gasteiger partial charge in [-0.25, -0.2) is 9.38 Å². The lowest BCUT2D eigenvalue weighted by atomic mass is 10.3. The number of aryl methyl sites for hydroxylation is 1. The second kappa shape index (κ2) is 4.45. The molecule has 0 unspecified atom stereocenters. The van der Waals surface area contributed by atoms with Crippen molar-refractivity contribution < 1.29 is 0 Å². The minimum Gasteiger partial charge on any atom is -0.243 e. The summed E-state index contributed by atoms with van der Waals surface area (Å²) in [6.45, 7) is 10.5. The normalized spacial score (nSPS) is 13.4. The van der Waals surface area contributed by atoms with Crippen molar-refractivity contribution in [3.8, 4) is 0 Å². The molecule has 1 aromatic rings. The first-order valence-electron chi connectivity index (χ1n) is 4.54. The van der Waals surface area contributed by atoms with Crippen LogP contribution >= 0.6 is 23.3 Å². The SMILES string of the molecule is CC(=NSC(C)(C)C)c1ncc(C)s1. The van der Waals surface area contributed by atoms with Crippen LogP contribution < -0.4 is 0 Å². The van der Waals surface area contributed by atoms with Gasteiger partial charge in [0.05, 0.1) is 5.71 Å². The van der Waals surface area contributed by atoms with Gasteiger partial charge in [-0.1, -0.05) is 0 Å². The van der Waals surface area contributed by atoms with E-state index in [1.807, 2.05) is 13.1 Å². The van der Waals surface area contributed by atoms with Gasteiger partial charge in [-0.05, 0) is 46.6 Å². The first-order valence-corrected chi connectivity index (χ1v) is 6.13. The molecule has 0 aliphatic rings. The number of hydrogen-bond acceptors (Lipinski definition) is 4. The second-order valence-corrected chi connectivity index (χ2v) is 6.98. The molecule has 1 heterocycles. The third-order valence-electron chi connectivity index (χ3n) is 1.39. The summed E-state index contributed by atoms with van der Waals surface area (Å²) in [5, 5.41) is 1.03. The highest BCUT2D eigenvalue weighted by atomic mass is 32.2. The minimum atomic E-state index is 0.174. The van der Waals surface area contributed by atoms with E-state index in [9.17, 15) is 0 Å². The van der Waals surface area contributed by atoms with E-state index in [0.717, 1.165) is 10.7 Å². The fourth-order valence-corrected chi connectivity index (χ4v) is 2.03. The summed E-state index contributed by atoms with van der Waals surface area (Å²) < 4.78 is 4.63. The Morgan fingerprint density at radius 1 is 1.50 bits per heavy atom. The fourth-order valence-electron chi connectivity index (χ4n) is 0.766. The van der Waals surface area contributed by atoms with Gasteiger partial charge in [0.2, 0.25) is 0 Å². The molecule has 0 aromatic carbocycles. The van der Waals surface area contributed by atoms with Crippen molar-refractivity contribution in [1.82, 2.24) is 4.98 Å². The Morgan fingerprint density at radius 2 is 2.14 bits per heavy atom. The lowest BCUT2D eigenvalue weighted by Gasteiger charge is -2.12. The monoisotopic (exact) mass is 228 g/mol. The van der Waals surface area contributed by atoms with Gasteiger partial charge in [-0.2, -0.15) is 0 Å². The standard InChI is InChI=1S/C10H16N2S2/c1-7-6-11-9(13-7)8(2)12-14-10(3,4)5/h6H,1-5H3. The van der Waals surface area contributed by atoms with Crippen LogP contribution in [0.2, 0.25) is 0 Å². The smallest absolute Gasteiger partial charge is 0.138 e. The highest BCUT2D eigenvalue weighted by Gasteiger charge is 2.11. The maximum absolute atomic E-state index is 4.46. The van der Waals surface area contributed by atoms with Crippen molar-refractivity contribution in [3.63, 3.8) is 0 Å².